The number of esters is 2. The van der Waals surface area contributed by atoms with Crippen molar-refractivity contribution in [3.8, 4) is 0 Å². The molecule has 0 aliphatic rings. The van der Waals surface area contributed by atoms with E-state index in [9.17, 15) is 19.0 Å². The Morgan fingerprint density at radius 3 is 1.12 bits per heavy atom. The fraction of sp³-hybridized carbons (Fsp3) is 0.667. The number of quaternary nitrogens is 1. The Morgan fingerprint density at radius 2 is 0.750 bits per heavy atom. The molecule has 0 saturated carbocycles. The van der Waals surface area contributed by atoms with Gasteiger partial charge >= 0.3 is 19.8 Å². The third kappa shape index (κ3) is 59.7. The Kier molecular flexibility index (Phi) is 53.5. The molecule has 0 aromatic carbocycles. The molecule has 0 aromatic rings. The fourth-order valence-corrected chi connectivity index (χ4v) is 8.57. The largest absolute Gasteiger partial charge is 0.472 e. The molecule has 0 aliphatic heterocycles. The van der Waals surface area contributed by atoms with Crippen LogP contribution in [0.5, 0.6) is 0 Å². The van der Waals surface area contributed by atoms with E-state index < -0.39 is 26.5 Å². The molecule has 2 atom stereocenters. The first-order valence-corrected chi connectivity index (χ1v) is 31.8. The van der Waals surface area contributed by atoms with Crippen molar-refractivity contribution in [3.05, 3.63) is 122 Å². The fourth-order valence-electron chi connectivity index (χ4n) is 7.83. The van der Waals surface area contributed by atoms with Crippen molar-refractivity contribution in [2.75, 3.05) is 47.5 Å². The van der Waals surface area contributed by atoms with Gasteiger partial charge in [0.1, 0.15) is 19.8 Å². The van der Waals surface area contributed by atoms with Gasteiger partial charge in [0, 0.05) is 12.8 Å². The summed E-state index contributed by atoms with van der Waals surface area (Å²) < 4.78 is 34.6. The van der Waals surface area contributed by atoms with Gasteiger partial charge in [0.15, 0.2) is 6.10 Å². The minimum Gasteiger partial charge on any atom is -0.462 e. The number of likely N-dealkylation sites (N-methyl/N-ethyl adjacent to an activating group) is 1. The molecular formula is C66H113NO8P+. The number of carbonyl (C=O) groups is 2. The highest BCUT2D eigenvalue weighted by Gasteiger charge is 2.27. The first kappa shape index (κ1) is 72.4. The molecule has 0 heterocycles. The van der Waals surface area contributed by atoms with Gasteiger partial charge < -0.3 is 18.9 Å². The molecule has 0 amide bonds. The molecule has 0 aromatic heterocycles. The van der Waals surface area contributed by atoms with Gasteiger partial charge in [0.25, 0.3) is 0 Å². The maximum Gasteiger partial charge on any atom is 0.472 e. The molecule has 0 rings (SSSR count). The van der Waals surface area contributed by atoms with Gasteiger partial charge in [-0.3, -0.25) is 18.6 Å². The van der Waals surface area contributed by atoms with Gasteiger partial charge in [0.2, 0.25) is 0 Å². The summed E-state index contributed by atoms with van der Waals surface area (Å²) in [6.45, 7) is 4.28. The van der Waals surface area contributed by atoms with E-state index in [1.165, 1.54) is 70.6 Å². The second-order valence-corrected chi connectivity index (χ2v) is 22.5. The van der Waals surface area contributed by atoms with E-state index in [0.717, 1.165) is 128 Å². The second-order valence-electron chi connectivity index (χ2n) is 21.0. The number of phosphoric ester groups is 1. The van der Waals surface area contributed by atoms with Crippen molar-refractivity contribution in [1.29, 1.82) is 0 Å². The van der Waals surface area contributed by atoms with Crippen LogP contribution < -0.4 is 0 Å². The maximum absolute atomic E-state index is 12.8. The average Bonchev–Trinajstić information content (AvgIpc) is 3.38. The van der Waals surface area contributed by atoms with Crippen molar-refractivity contribution >= 4 is 19.8 Å². The summed E-state index contributed by atoms with van der Waals surface area (Å²) in [4.78, 5) is 35.7. The van der Waals surface area contributed by atoms with E-state index in [1.54, 1.807) is 0 Å². The zero-order valence-corrected chi connectivity index (χ0v) is 50.1. The standard InChI is InChI=1S/C66H112NO8P/c1-6-8-10-12-14-16-18-20-22-24-26-28-29-30-31-32-33-34-35-36-37-39-41-43-45-47-49-51-53-55-57-59-66(69)75-64(63-74-76(70,71)73-61-60-67(3,4)5)62-72-65(68)58-56-54-52-50-48-46-44-42-40-38-27-25-23-21-19-17-15-13-11-9-7-2/h8,10,14,16,19-22,25-28,30-31,33-34,36-37,41,43,64H,6-7,9,11-13,15,17-18,23-24,29,32,35,38-40,42,44-63H2,1-5H3/p+1/b10-8-,16-14-,21-19-,22-20-,27-25-,28-26-,31-30-,34-33-,37-36-,43-41-. The topological polar surface area (TPSA) is 108 Å². The molecule has 0 spiro atoms. The minimum atomic E-state index is -4.40. The Hall–Kier alpha value is -3.59. The normalized spacial score (nSPS) is 14.1. The zero-order valence-electron chi connectivity index (χ0n) is 49.2. The number of carbonyl (C=O) groups excluding carboxylic acids is 2. The number of nitrogens with zero attached hydrogens (tertiary/aromatic N) is 1. The first-order valence-electron chi connectivity index (χ1n) is 30.3. The van der Waals surface area contributed by atoms with Crippen LogP contribution in [0.15, 0.2) is 122 Å². The molecule has 434 valence electrons. The Labute approximate surface area is 467 Å². The number of hydrogen-bond acceptors (Lipinski definition) is 7. The molecule has 2 unspecified atom stereocenters. The van der Waals surface area contributed by atoms with Gasteiger partial charge in [-0.15, -0.1) is 0 Å². The molecule has 0 aliphatic carbocycles. The van der Waals surface area contributed by atoms with Crippen molar-refractivity contribution in [3.63, 3.8) is 0 Å². The molecule has 0 radical (unpaired) electrons. The van der Waals surface area contributed by atoms with E-state index in [0.29, 0.717) is 17.4 Å². The molecule has 76 heavy (non-hydrogen) atoms. The smallest absolute Gasteiger partial charge is 0.462 e. The molecule has 10 heteroatoms. The van der Waals surface area contributed by atoms with Crippen molar-refractivity contribution in [1.82, 2.24) is 0 Å². The van der Waals surface area contributed by atoms with Gasteiger partial charge in [0.05, 0.1) is 27.7 Å². The van der Waals surface area contributed by atoms with Gasteiger partial charge in [-0.2, -0.15) is 0 Å². The van der Waals surface area contributed by atoms with E-state index in [-0.39, 0.29) is 32.0 Å². The van der Waals surface area contributed by atoms with Crippen LogP contribution >= 0.6 is 7.82 Å². The molecule has 0 fully saturated rings. The van der Waals surface area contributed by atoms with Gasteiger partial charge in [-0.25, -0.2) is 4.57 Å². The minimum absolute atomic E-state index is 0.0213. The third-order valence-electron chi connectivity index (χ3n) is 12.5. The van der Waals surface area contributed by atoms with Crippen LogP contribution in [0.3, 0.4) is 0 Å². The van der Waals surface area contributed by atoms with Crippen molar-refractivity contribution in [2.45, 2.75) is 238 Å². The quantitative estimate of drug-likeness (QED) is 0.0211. The summed E-state index contributed by atoms with van der Waals surface area (Å²) >= 11 is 0. The number of phosphoric acid groups is 1. The lowest BCUT2D eigenvalue weighted by atomic mass is 10.1. The monoisotopic (exact) mass is 1080 g/mol. The zero-order chi connectivity index (χ0) is 55.6. The summed E-state index contributed by atoms with van der Waals surface area (Å²) in [5.41, 5.74) is 0. The maximum atomic E-state index is 12.8. The number of ether oxygens (including phenoxy) is 2. The summed E-state index contributed by atoms with van der Waals surface area (Å²) in [7, 11) is 1.45. The predicted molar refractivity (Wildman–Crippen MR) is 325 cm³/mol. The van der Waals surface area contributed by atoms with Crippen molar-refractivity contribution < 1.29 is 42.1 Å². The van der Waals surface area contributed by atoms with Crippen LogP contribution in [0.1, 0.15) is 232 Å². The predicted octanol–water partition coefficient (Wildman–Crippen LogP) is 19.1. The molecule has 1 N–H and O–H groups in total. The number of unbranched alkanes of at least 4 members (excludes halogenated alkanes) is 20. The lowest BCUT2D eigenvalue weighted by Crippen LogP contribution is -2.37. The van der Waals surface area contributed by atoms with Crippen LogP contribution in [0, 0.1) is 0 Å². The van der Waals surface area contributed by atoms with Crippen LogP contribution in [0.4, 0.5) is 0 Å². The van der Waals surface area contributed by atoms with Gasteiger partial charge in [-0.1, -0.05) is 232 Å². The summed E-state index contributed by atoms with van der Waals surface area (Å²) in [6.07, 6.45) is 79.8. The summed E-state index contributed by atoms with van der Waals surface area (Å²) in [5, 5.41) is 0. The Balaban J connectivity index is 4.24. The average molecular weight is 1080 g/mol. The number of rotatable bonds is 54. The molecule has 0 bridgehead atoms. The van der Waals surface area contributed by atoms with E-state index >= 15 is 0 Å². The summed E-state index contributed by atoms with van der Waals surface area (Å²) in [6, 6.07) is 0. The highest BCUT2D eigenvalue weighted by atomic mass is 31.2. The Bertz CT molecular complexity index is 1700. The highest BCUT2D eigenvalue weighted by molar-refractivity contribution is 7.47. The van der Waals surface area contributed by atoms with E-state index in [2.05, 4.69) is 135 Å². The second kappa shape index (κ2) is 56.1. The first-order chi connectivity index (χ1) is 37.0. The van der Waals surface area contributed by atoms with Crippen LogP contribution in [-0.2, 0) is 32.7 Å². The summed E-state index contributed by atoms with van der Waals surface area (Å²) in [5.74, 6) is -0.825. The number of hydrogen-bond donors (Lipinski definition) is 1. The lowest BCUT2D eigenvalue weighted by Gasteiger charge is -2.24. The van der Waals surface area contributed by atoms with Crippen LogP contribution in [0.25, 0.3) is 0 Å². The lowest BCUT2D eigenvalue weighted by molar-refractivity contribution is -0.870. The van der Waals surface area contributed by atoms with Crippen molar-refractivity contribution in [2.24, 2.45) is 0 Å². The van der Waals surface area contributed by atoms with Gasteiger partial charge in [-0.05, 0) is 109 Å². The molecule has 9 nitrogen and oxygen atoms in total. The molecule has 0 saturated heterocycles. The van der Waals surface area contributed by atoms with Crippen LogP contribution in [-0.4, -0.2) is 74.9 Å². The SMILES string of the molecule is CC/C=C\C/C=C\C/C=C\C/C=C\C/C=C\C/C=C\C/C=C\C/C=C\CCCCCCCCC(=O)OC(COC(=O)CCCCCCCCCCC/C=C\C/C=C\CCCCCCC)COP(=O)(O)OCC[N+](C)(C)C. The van der Waals surface area contributed by atoms with E-state index in [1.807, 2.05) is 21.1 Å². The van der Waals surface area contributed by atoms with Crippen LogP contribution in [0.2, 0.25) is 0 Å². The Morgan fingerprint density at radius 1 is 0.421 bits per heavy atom. The third-order valence-corrected chi connectivity index (χ3v) is 13.5. The molecular weight excluding hydrogens is 966 g/mol. The highest BCUT2D eigenvalue weighted by Crippen LogP contribution is 2.43. The number of allylic oxidation sites excluding steroid dienone is 20. The van der Waals surface area contributed by atoms with E-state index in [4.69, 9.17) is 18.5 Å².